The van der Waals surface area contributed by atoms with Crippen molar-refractivity contribution in [2.75, 3.05) is 13.1 Å². The average molecular weight is 196 g/mol. The molecule has 3 heteroatoms. The zero-order valence-corrected chi connectivity index (χ0v) is 8.96. The number of nitrogens with one attached hydrogen (secondary N) is 1. The summed E-state index contributed by atoms with van der Waals surface area (Å²) in [5, 5.41) is 3.29. The lowest BCUT2D eigenvalue weighted by molar-refractivity contribution is -0.133. The molecular formula is C11H20N2O. The molecule has 2 unspecified atom stereocenters. The number of carbonyl (C=O) groups is 1. The van der Waals surface area contributed by atoms with Gasteiger partial charge in [0.2, 0.25) is 5.91 Å². The van der Waals surface area contributed by atoms with Crippen LogP contribution < -0.4 is 5.32 Å². The molecule has 0 radical (unpaired) electrons. The number of likely N-dealkylation sites (tertiary alicyclic amines) is 1. The van der Waals surface area contributed by atoms with Gasteiger partial charge in [0.25, 0.3) is 0 Å². The molecular weight excluding hydrogens is 176 g/mol. The van der Waals surface area contributed by atoms with Crippen LogP contribution in [0, 0.1) is 0 Å². The van der Waals surface area contributed by atoms with Crippen LogP contribution in [0.25, 0.3) is 0 Å². The normalized spacial score (nSPS) is 32.5. The van der Waals surface area contributed by atoms with Gasteiger partial charge in [-0.25, -0.2) is 0 Å². The van der Waals surface area contributed by atoms with Crippen molar-refractivity contribution in [1.29, 1.82) is 0 Å². The van der Waals surface area contributed by atoms with Crippen LogP contribution in [-0.2, 0) is 4.79 Å². The summed E-state index contributed by atoms with van der Waals surface area (Å²) < 4.78 is 0. The SMILES string of the molecule is CCC1CCCN1C(=O)C1CCCN1. The van der Waals surface area contributed by atoms with Gasteiger partial charge in [0.1, 0.15) is 0 Å². The highest BCUT2D eigenvalue weighted by Crippen LogP contribution is 2.22. The number of hydrogen-bond acceptors (Lipinski definition) is 2. The summed E-state index contributed by atoms with van der Waals surface area (Å²) in [5.74, 6) is 0.354. The third kappa shape index (κ3) is 1.78. The van der Waals surface area contributed by atoms with Crippen LogP contribution >= 0.6 is 0 Å². The van der Waals surface area contributed by atoms with E-state index < -0.39 is 0 Å². The Hall–Kier alpha value is -0.570. The van der Waals surface area contributed by atoms with Crippen LogP contribution in [0.5, 0.6) is 0 Å². The van der Waals surface area contributed by atoms with E-state index in [0.29, 0.717) is 11.9 Å². The Labute approximate surface area is 85.8 Å². The van der Waals surface area contributed by atoms with Gasteiger partial charge in [0, 0.05) is 12.6 Å². The first-order valence-electron chi connectivity index (χ1n) is 5.86. The number of rotatable bonds is 2. The number of amides is 1. The van der Waals surface area contributed by atoms with Crippen molar-refractivity contribution in [2.45, 2.75) is 51.1 Å². The predicted octanol–water partition coefficient (Wildman–Crippen LogP) is 1.14. The van der Waals surface area contributed by atoms with Crippen LogP contribution in [-0.4, -0.2) is 36.0 Å². The molecule has 2 rings (SSSR count). The zero-order chi connectivity index (χ0) is 9.97. The smallest absolute Gasteiger partial charge is 0.239 e. The molecule has 2 fully saturated rings. The highest BCUT2D eigenvalue weighted by molar-refractivity contribution is 5.82. The molecule has 0 aromatic heterocycles. The summed E-state index contributed by atoms with van der Waals surface area (Å²) in [6.45, 7) is 4.18. The van der Waals surface area contributed by atoms with Crippen molar-refractivity contribution in [3.63, 3.8) is 0 Å². The fourth-order valence-corrected chi connectivity index (χ4v) is 2.65. The maximum absolute atomic E-state index is 12.1. The number of carbonyl (C=O) groups excluding carboxylic acids is 1. The van der Waals surface area contributed by atoms with Gasteiger partial charge in [0.15, 0.2) is 0 Å². The van der Waals surface area contributed by atoms with Crippen LogP contribution in [0.15, 0.2) is 0 Å². The van der Waals surface area contributed by atoms with Gasteiger partial charge in [-0.15, -0.1) is 0 Å². The van der Waals surface area contributed by atoms with Gasteiger partial charge in [-0.1, -0.05) is 6.92 Å². The monoisotopic (exact) mass is 196 g/mol. The fourth-order valence-electron chi connectivity index (χ4n) is 2.65. The second-order valence-corrected chi connectivity index (χ2v) is 4.38. The molecule has 2 saturated heterocycles. The molecule has 2 atom stereocenters. The Morgan fingerprint density at radius 2 is 2.29 bits per heavy atom. The Balaban J connectivity index is 1.95. The molecule has 0 aromatic rings. The summed E-state index contributed by atoms with van der Waals surface area (Å²) in [7, 11) is 0. The molecule has 2 aliphatic rings. The summed E-state index contributed by atoms with van der Waals surface area (Å²) in [6, 6.07) is 0.645. The van der Waals surface area contributed by atoms with Gasteiger partial charge < -0.3 is 10.2 Å². The van der Waals surface area contributed by atoms with Crippen LogP contribution in [0.3, 0.4) is 0 Å². The molecule has 0 aromatic carbocycles. The molecule has 3 nitrogen and oxygen atoms in total. The Kier molecular flexibility index (Phi) is 3.06. The molecule has 0 saturated carbocycles. The van der Waals surface area contributed by atoms with Gasteiger partial charge in [-0.3, -0.25) is 4.79 Å². The molecule has 1 N–H and O–H groups in total. The largest absolute Gasteiger partial charge is 0.338 e. The summed E-state index contributed by atoms with van der Waals surface area (Å²) in [6.07, 6.45) is 5.69. The third-order valence-corrected chi connectivity index (χ3v) is 3.49. The summed E-state index contributed by atoms with van der Waals surface area (Å²) >= 11 is 0. The molecule has 2 heterocycles. The van der Waals surface area contributed by atoms with E-state index in [-0.39, 0.29) is 6.04 Å². The van der Waals surface area contributed by atoms with E-state index in [1.807, 2.05) is 0 Å². The number of hydrogen-bond donors (Lipinski definition) is 1. The van der Waals surface area contributed by atoms with Crippen molar-refractivity contribution in [1.82, 2.24) is 10.2 Å². The standard InChI is InChI=1S/C11H20N2O/c1-2-9-5-4-8-13(9)11(14)10-6-3-7-12-10/h9-10,12H,2-8H2,1H3. The Bertz CT molecular complexity index is 211. The second kappa shape index (κ2) is 4.30. The average Bonchev–Trinajstić information content (AvgIpc) is 2.87. The van der Waals surface area contributed by atoms with E-state index in [4.69, 9.17) is 0 Å². The van der Waals surface area contributed by atoms with Crippen molar-refractivity contribution in [3.8, 4) is 0 Å². The van der Waals surface area contributed by atoms with E-state index in [9.17, 15) is 4.79 Å². The minimum atomic E-state index is 0.127. The van der Waals surface area contributed by atoms with Crippen molar-refractivity contribution in [3.05, 3.63) is 0 Å². The van der Waals surface area contributed by atoms with E-state index >= 15 is 0 Å². The van der Waals surface area contributed by atoms with Crippen LogP contribution in [0.1, 0.15) is 39.0 Å². The van der Waals surface area contributed by atoms with Gasteiger partial charge in [0.05, 0.1) is 6.04 Å². The van der Waals surface area contributed by atoms with Crippen molar-refractivity contribution in [2.24, 2.45) is 0 Å². The van der Waals surface area contributed by atoms with Crippen LogP contribution in [0.2, 0.25) is 0 Å². The molecule has 2 aliphatic heterocycles. The van der Waals surface area contributed by atoms with E-state index in [2.05, 4.69) is 17.1 Å². The van der Waals surface area contributed by atoms with Crippen molar-refractivity contribution < 1.29 is 4.79 Å². The lowest BCUT2D eigenvalue weighted by Crippen LogP contribution is -2.45. The first-order valence-corrected chi connectivity index (χ1v) is 5.86. The minimum Gasteiger partial charge on any atom is -0.338 e. The molecule has 0 spiro atoms. The van der Waals surface area contributed by atoms with Gasteiger partial charge in [-0.2, -0.15) is 0 Å². The molecule has 1 amide bonds. The molecule has 0 aliphatic carbocycles. The molecule has 14 heavy (non-hydrogen) atoms. The van der Waals surface area contributed by atoms with E-state index in [1.54, 1.807) is 0 Å². The minimum absolute atomic E-state index is 0.127. The summed E-state index contributed by atoms with van der Waals surface area (Å²) in [4.78, 5) is 14.2. The van der Waals surface area contributed by atoms with Crippen molar-refractivity contribution >= 4 is 5.91 Å². The lowest BCUT2D eigenvalue weighted by atomic mass is 10.1. The maximum atomic E-state index is 12.1. The molecule has 80 valence electrons. The highest BCUT2D eigenvalue weighted by Gasteiger charge is 2.32. The van der Waals surface area contributed by atoms with Gasteiger partial charge in [-0.05, 0) is 38.6 Å². The first kappa shape index (κ1) is 9.97. The zero-order valence-electron chi connectivity index (χ0n) is 8.96. The highest BCUT2D eigenvalue weighted by atomic mass is 16.2. The quantitative estimate of drug-likeness (QED) is 0.718. The Morgan fingerprint density at radius 1 is 1.43 bits per heavy atom. The lowest BCUT2D eigenvalue weighted by Gasteiger charge is -2.26. The van der Waals surface area contributed by atoms with Gasteiger partial charge >= 0.3 is 0 Å². The first-order chi connectivity index (χ1) is 6.83. The number of nitrogens with zero attached hydrogens (tertiary/aromatic N) is 1. The predicted molar refractivity (Wildman–Crippen MR) is 56.1 cm³/mol. The summed E-state index contributed by atoms with van der Waals surface area (Å²) in [5.41, 5.74) is 0. The second-order valence-electron chi connectivity index (χ2n) is 4.38. The Morgan fingerprint density at radius 3 is 2.93 bits per heavy atom. The topological polar surface area (TPSA) is 32.3 Å². The molecule has 0 bridgehead atoms. The van der Waals surface area contributed by atoms with E-state index in [1.165, 1.54) is 12.8 Å². The van der Waals surface area contributed by atoms with E-state index in [0.717, 1.165) is 32.4 Å². The third-order valence-electron chi connectivity index (χ3n) is 3.49. The van der Waals surface area contributed by atoms with Crippen LogP contribution in [0.4, 0.5) is 0 Å². The fraction of sp³-hybridized carbons (Fsp3) is 0.909. The maximum Gasteiger partial charge on any atom is 0.239 e.